The second kappa shape index (κ2) is 16.1. The molecule has 3 heterocycles. The van der Waals surface area contributed by atoms with Crippen LogP contribution in [-0.2, 0) is 12.8 Å². The summed E-state index contributed by atoms with van der Waals surface area (Å²) in [5, 5.41) is 5.14. The van der Waals surface area contributed by atoms with E-state index in [4.69, 9.17) is 0 Å². The van der Waals surface area contributed by atoms with Crippen molar-refractivity contribution in [3.05, 3.63) is 252 Å². The lowest BCUT2D eigenvalue weighted by atomic mass is 9.86. The minimum absolute atomic E-state index is 0.100. The average molecular weight is 884 g/mol. The van der Waals surface area contributed by atoms with Crippen LogP contribution in [0.25, 0.3) is 101 Å². The van der Waals surface area contributed by atoms with Gasteiger partial charge in [-0.25, -0.2) is 0 Å². The largest absolute Gasteiger partial charge is 0.333 e. The standard InChI is InChI=1S/C66H49N3/c1-7-25-61-55(19-1)56-20-2-8-26-62(56)67(61)52-35-31-44(32-36-52)46-15-13-17-48(39-46)50-41-51(43-54(42-50)69-65-29-11-5-23-59(65)60-24-6-12-30-66(60)69)49-18-14-16-47(40-49)45-33-37-53(38-34-45)68-63-27-9-3-21-57(63)58-22-4-10-28-64(58)68/h1-2,5-20,23-42,54H,3-4,21-22,43H2. The van der Waals surface area contributed by atoms with Gasteiger partial charge in [0.25, 0.3) is 0 Å². The first kappa shape index (κ1) is 39.7. The van der Waals surface area contributed by atoms with E-state index in [0.717, 1.165) is 37.8 Å². The van der Waals surface area contributed by atoms with Crippen LogP contribution in [0.4, 0.5) is 0 Å². The summed E-state index contributed by atoms with van der Waals surface area (Å²) in [6, 6.07) is 72.1. The Morgan fingerprint density at radius 1 is 0.377 bits per heavy atom. The lowest BCUT2D eigenvalue weighted by molar-refractivity contribution is 0.658. The highest BCUT2D eigenvalue weighted by Gasteiger charge is 2.25. The Bertz CT molecular complexity index is 3820. The van der Waals surface area contributed by atoms with Gasteiger partial charge in [0.15, 0.2) is 0 Å². The van der Waals surface area contributed by atoms with E-state index in [1.165, 1.54) is 105 Å². The fourth-order valence-electron chi connectivity index (χ4n) is 12.0. The summed E-state index contributed by atoms with van der Waals surface area (Å²) < 4.78 is 7.46. The molecule has 0 bridgehead atoms. The van der Waals surface area contributed by atoms with Gasteiger partial charge in [0.2, 0.25) is 0 Å². The maximum absolute atomic E-state index is 2.58. The predicted molar refractivity (Wildman–Crippen MR) is 291 cm³/mol. The van der Waals surface area contributed by atoms with Crippen LogP contribution in [0.3, 0.4) is 0 Å². The summed E-state index contributed by atoms with van der Waals surface area (Å²) in [6.45, 7) is 0. The Morgan fingerprint density at radius 2 is 0.826 bits per heavy atom. The summed E-state index contributed by atoms with van der Waals surface area (Å²) in [6.07, 6.45) is 19.7. The number of hydrogen-bond donors (Lipinski definition) is 0. The molecular weight excluding hydrogens is 835 g/mol. The number of allylic oxidation sites excluding steroid dienone is 6. The highest BCUT2D eigenvalue weighted by molar-refractivity contribution is 6.10. The molecule has 3 aliphatic carbocycles. The van der Waals surface area contributed by atoms with Crippen molar-refractivity contribution in [2.24, 2.45) is 0 Å². The Morgan fingerprint density at radius 3 is 1.38 bits per heavy atom. The minimum atomic E-state index is 0.100. The molecule has 8 aromatic carbocycles. The highest BCUT2D eigenvalue weighted by atomic mass is 15.0. The molecule has 0 amide bonds. The van der Waals surface area contributed by atoms with Crippen LogP contribution in [0.2, 0.25) is 0 Å². The molecule has 11 aromatic rings. The number of nitrogens with zero attached hydrogens (tertiary/aromatic N) is 3. The zero-order valence-electron chi connectivity index (χ0n) is 38.4. The molecule has 0 N–H and O–H groups in total. The van der Waals surface area contributed by atoms with Gasteiger partial charge in [0, 0.05) is 55.3 Å². The summed E-state index contributed by atoms with van der Waals surface area (Å²) in [5.74, 6) is 0. The first-order valence-corrected chi connectivity index (χ1v) is 24.6. The number of para-hydroxylation sites is 4. The number of benzene rings is 8. The van der Waals surface area contributed by atoms with Crippen molar-refractivity contribution in [2.45, 2.75) is 38.1 Å². The molecule has 1 atom stereocenters. The molecule has 3 aliphatic rings. The van der Waals surface area contributed by atoms with Gasteiger partial charge in [-0.15, -0.1) is 0 Å². The van der Waals surface area contributed by atoms with Gasteiger partial charge in [-0.1, -0.05) is 158 Å². The quantitative estimate of drug-likeness (QED) is 0.151. The normalized spacial score (nSPS) is 15.4. The zero-order valence-corrected chi connectivity index (χ0v) is 38.4. The number of fused-ring (bicyclic) bond motifs is 9. The second-order valence-corrected chi connectivity index (χ2v) is 19.0. The van der Waals surface area contributed by atoms with E-state index in [2.05, 4.69) is 244 Å². The lowest BCUT2D eigenvalue weighted by Crippen LogP contribution is -2.11. The van der Waals surface area contributed by atoms with E-state index in [-0.39, 0.29) is 6.04 Å². The number of rotatable bonds is 7. The summed E-state index contributed by atoms with van der Waals surface area (Å²) >= 11 is 0. The fraction of sp³-hybridized carbons (Fsp3) is 0.0909. The van der Waals surface area contributed by atoms with Crippen molar-refractivity contribution in [3.8, 4) is 33.6 Å². The third-order valence-corrected chi connectivity index (χ3v) is 15.1. The van der Waals surface area contributed by atoms with E-state index in [9.17, 15) is 0 Å². The van der Waals surface area contributed by atoms with Crippen LogP contribution in [-0.4, -0.2) is 13.7 Å². The lowest BCUT2D eigenvalue weighted by Gasteiger charge is -2.26. The minimum Gasteiger partial charge on any atom is -0.333 e. The van der Waals surface area contributed by atoms with Crippen LogP contribution in [0.15, 0.2) is 218 Å². The van der Waals surface area contributed by atoms with Gasteiger partial charge < -0.3 is 13.7 Å². The van der Waals surface area contributed by atoms with Crippen molar-refractivity contribution in [3.63, 3.8) is 0 Å². The molecule has 0 fully saturated rings. The van der Waals surface area contributed by atoms with Crippen molar-refractivity contribution in [2.75, 3.05) is 0 Å². The maximum atomic E-state index is 2.58. The molecule has 3 aromatic heterocycles. The van der Waals surface area contributed by atoms with Gasteiger partial charge in [0.05, 0.1) is 17.1 Å². The maximum Gasteiger partial charge on any atom is 0.0572 e. The van der Waals surface area contributed by atoms with Crippen LogP contribution in [0.5, 0.6) is 0 Å². The molecule has 69 heavy (non-hydrogen) atoms. The fourth-order valence-corrected chi connectivity index (χ4v) is 12.0. The Balaban J connectivity index is 0.844. The van der Waals surface area contributed by atoms with E-state index in [1.807, 2.05) is 0 Å². The SMILES string of the molecule is C1=Cc2c(c3c(n2-c2ccc(-c4cccc(C5=CC(c6cccc(-c7ccc(-n8c9ccccc9c9ccccc98)cc7)c6)=CC(n6c7ccccc7c7ccccc76)C5)c4)cc2)C=CCC3)CC1. The van der Waals surface area contributed by atoms with Gasteiger partial charge in [-0.05, 0) is 161 Å². The summed E-state index contributed by atoms with van der Waals surface area (Å²) in [4.78, 5) is 0. The molecule has 0 saturated carbocycles. The van der Waals surface area contributed by atoms with Crippen LogP contribution in [0, 0.1) is 0 Å². The van der Waals surface area contributed by atoms with Crippen molar-refractivity contribution >= 4 is 66.9 Å². The molecule has 328 valence electrons. The molecular formula is C66H49N3. The van der Waals surface area contributed by atoms with Gasteiger partial charge in [-0.3, -0.25) is 0 Å². The highest BCUT2D eigenvalue weighted by Crippen LogP contribution is 2.43. The van der Waals surface area contributed by atoms with E-state index in [0.29, 0.717) is 0 Å². The Labute approximate surface area is 402 Å². The molecule has 0 radical (unpaired) electrons. The molecule has 1 unspecified atom stereocenters. The van der Waals surface area contributed by atoms with E-state index in [1.54, 1.807) is 11.1 Å². The first-order chi connectivity index (χ1) is 34.2. The molecule has 0 saturated heterocycles. The molecule has 14 rings (SSSR count). The van der Waals surface area contributed by atoms with Crippen molar-refractivity contribution in [1.82, 2.24) is 13.7 Å². The van der Waals surface area contributed by atoms with Gasteiger partial charge in [0.1, 0.15) is 0 Å². The zero-order chi connectivity index (χ0) is 45.4. The van der Waals surface area contributed by atoms with Crippen LogP contribution in [0.1, 0.15) is 58.9 Å². The first-order valence-electron chi connectivity index (χ1n) is 24.6. The topological polar surface area (TPSA) is 14.8 Å². The van der Waals surface area contributed by atoms with E-state index >= 15 is 0 Å². The van der Waals surface area contributed by atoms with Crippen molar-refractivity contribution < 1.29 is 0 Å². The summed E-state index contributed by atoms with van der Waals surface area (Å²) in [5.41, 5.74) is 23.1. The Kier molecular flexibility index (Phi) is 9.30. The number of hydrogen-bond acceptors (Lipinski definition) is 0. The van der Waals surface area contributed by atoms with Gasteiger partial charge in [-0.2, -0.15) is 0 Å². The summed E-state index contributed by atoms with van der Waals surface area (Å²) in [7, 11) is 0. The third kappa shape index (κ3) is 6.56. The number of aromatic nitrogens is 3. The smallest absolute Gasteiger partial charge is 0.0572 e. The van der Waals surface area contributed by atoms with Gasteiger partial charge >= 0.3 is 0 Å². The predicted octanol–water partition coefficient (Wildman–Crippen LogP) is 17.0. The molecule has 3 nitrogen and oxygen atoms in total. The van der Waals surface area contributed by atoms with Crippen LogP contribution >= 0.6 is 0 Å². The third-order valence-electron chi connectivity index (χ3n) is 15.1. The average Bonchev–Trinajstić information content (AvgIpc) is 4.07. The van der Waals surface area contributed by atoms with E-state index < -0.39 is 0 Å². The second-order valence-electron chi connectivity index (χ2n) is 19.0. The molecule has 0 aliphatic heterocycles. The Hall–Kier alpha value is -8.40. The van der Waals surface area contributed by atoms with Crippen LogP contribution < -0.4 is 0 Å². The molecule has 3 heteroatoms. The molecule has 0 spiro atoms. The monoisotopic (exact) mass is 883 g/mol. The van der Waals surface area contributed by atoms with Crippen molar-refractivity contribution in [1.29, 1.82) is 0 Å².